The molecule has 0 saturated heterocycles. The molecule has 2 aliphatic rings. The van der Waals surface area contributed by atoms with Gasteiger partial charge in [0.15, 0.2) is 0 Å². The number of rotatable bonds is 6. The predicted octanol–water partition coefficient (Wildman–Crippen LogP) is 3.32. The van der Waals surface area contributed by atoms with Gasteiger partial charge in [-0.15, -0.1) is 0 Å². The van der Waals surface area contributed by atoms with Crippen LogP contribution >= 0.6 is 0 Å². The molecule has 0 aromatic rings. The number of fused-ring (bicyclic) bond motifs is 2. The topological polar surface area (TPSA) is 59.1 Å². The van der Waals surface area contributed by atoms with Crippen LogP contribution in [0, 0.1) is 22.2 Å². The van der Waals surface area contributed by atoms with Crippen molar-refractivity contribution in [1.29, 1.82) is 5.41 Å². The van der Waals surface area contributed by atoms with Gasteiger partial charge in [-0.2, -0.15) is 0 Å². The third kappa shape index (κ3) is 2.18. The van der Waals surface area contributed by atoms with Crippen molar-refractivity contribution in [3.8, 4) is 0 Å². The Bertz CT molecular complexity index is 326. The highest BCUT2D eigenvalue weighted by Crippen LogP contribution is 2.66. The summed E-state index contributed by atoms with van der Waals surface area (Å²) in [4.78, 5) is 0. The Labute approximate surface area is 111 Å². The van der Waals surface area contributed by atoms with E-state index < -0.39 is 0 Å². The molecule has 0 aliphatic heterocycles. The third-order valence-corrected chi connectivity index (χ3v) is 5.87. The highest BCUT2D eigenvalue weighted by atomic mass is 16.5. The van der Waals surface area contributed by atoms with Gasteiger partial charge in [0.1, 0.15) is 0 Å². The molecule has 3 heteroatoms. The van der Waals surface area contributed by atoms with Gasteiger partial charge in [-0.3, -0.25) is 5.41 Å². The van der Waals surface area contributed by atoms with Crippen molar-refractivity contribution in [2.45, 2.75) is 65.4 Å². The molecule has 0 spiro atoms. The van der Waals surface area contributed by atoms with Gasteiger partial charge < -0.3 is 10.5 Å². The van der Waals surface area contributed by atoms with Crippen molar-refractivity contribution in [3.63, 3.8) is 0 Å². The predicted molar refractivity (Wildman–Crippen MR) is 74.7 cm³/mol. The van der Waals surface area contributed by atoms with Crippen molar-refractivity contribution in [3.05, 3.63) is 0 Å². The Kier molecular flexibility index (Phi) is 3.72. The van der Waals surface area contributed by atoms with Crippen LogP contribution in [0.5, 0.6) is 0 Å². The summed E-state index contributed by atoms with van der Waals surface area (Å²) >= 11 is 0. The Morgan fingerprint density at radius 2 is 2.06 bits per heavy atom. The molecule has 0 aromatic heterocycles. The lowest BCUT2D eigenvalue weighted by molar-refractivity contribution is -0.0473. The van der Waals surface area contributed by atoms with Crippen LogP contribution < -0.4 is 5.73 Å². The normalized spacial score (nSPS) is 37.1. The maximum absolute atomic E-state index is 7.18. The fourth-order valence-corrected chi connectivity index (χ4v) is 4.03. The van der Waals surface area contributed by atoms with Gasteiger partial charge in [0.2, 0.25) is 0 Å². The monoisotopic (exact) mass is 252 g/mol. The number of unbranched alkanes of at least 4 members (excludes halogenated alkanes) is 1. The summed E-state index contributed by atoms with van der Waals surface area (Å²) in [5, 5.41) is 7.18. The fraction of sp³-hybridized carbons (Fsp3) is 0.933. The molecule has 2 saturated carbocycles. The Morgan fingerprint density at radius 3 is 2.56 bits per heavy atom. The van der Waals surface area contributed by atoms with E-state index in [4.69, 9.17) is 15.9 Å². The molecule has 0 radical (unpaired) electrons. The lowest BCUT2D eigenvalue weighted by Crippen LogP contribution is -2.37. The summed E-state index contributed by atoms with van der Waals surface area (Å²) in [7, 11) is 0. The Morgan fingerprint density at radius 1 is 1.33 bits per heavy atom. The van der Waals surface area contributed by atoms with Gasteiger partial charge in [0.05, 0.1) is 11.9 Å². The SMILES string of the molecule is CC1(C)C2CCC1(C)C(OCCCCC(=N)N)C2. The second kappa shape index (κ2) is 4.84. The van der Waals surface area contributed by atoms with Gasteiger partial charge in [-0.25, -0.2) is 0 Å². The lowest BCUT2D eigenvalue weighted by atomic mass is 9.70. The first-order valence-corrected chi connectivity index (χ1v) is 7.32. The molecule has 2 fully saturated rings. The number of amidine groups is 1. The largest absolute Gasteiger partial charge is 0.388 e. The van der Waals surface area contributed by atoms with E-state index in [1.807, 2.05) is 0 Å². The highest BCUT2D eigenvalue weighted by Gasteiger charge is 2.61. The summed E-state index contributed by atoms with van der Waals surface area (Å²) in [6, 6.07) is 0. The number of hydrogen-bond acceptors (Lipinski definition) is 2. The van der Waals surface area contributed by atoms with Gasteiger partial charge in [0, 0.05) is 13.0 Å². The maximum Gasteiger partial charge on any atom is 0.0905 e. The van der Waals surface area contributed by atoms with Crippen molar-refractivity contribution < 1.29 is 4.74 Å². The molecular formula is C15H28N2O. The average molecular weight is 252 g/mol. The molecule has 3 nitrogen and oxygen atoms in total. The average Bonchev–Trinajstić information content (AvgIpc) is 2.61. The summed E-state index contributed by atoms with van der Waals surface area (Å²) in [6.45, 7) is 8.09. The van der Waals surface area contributed by atoms with Crippen LogP contribution in [0.1, 0.15) is 59.3 Å². The Hall–Kier alpha value is -0.570. The zero-order chi connectivity index (χ0) is 13.4. The molecule has 0 amide bonds. The van der Waals surface area contributed by atoms with Crippen LogP contribution in [0.2, 0.25) is 0 Å². The molecule has 3 N–H and O–H groups in total. The molecule has 18 heavy (non-hydrogen) atoms. The number of nitrogens with one attached hydrogen (secondary N) is 1. The molecule has 0 aromatic carbocycles. The van der Waals surface area contributed by atoms with Crippen LogP contribution in [-0.4, -0.2) is 18.5 Å². The molecule has 2 aliphatic carbocycles. The first-order valence-electron chi connectivity index (χ1n) is 7.32. The van der Waals surface area contributed by atoms with Crippen molar-refractivity contribution >= 4 is 5.84 Å². The van der Waals surface area contributed by atoms with E-state index in [0.717, 1.165) is 25.4 Å². The zero-order valence-corrected chi connectivity index (χ0v) is 12.1. The number of hydrogen-bond donors (Lipinski definition) is 2. The van der Waals surface area contributed by atoms with E-state index >= 15 is 0 Å². The standard InChI is InChI=1S/C15H28N2O/c1-14(2)11-7-8-15(14,3)12(10-11)18-9-5-4-6-13(16)17/h11-12H,4-10H2,1-3H3,(H3,16,17). The van der Waals surface area contributed by atoms with E-state index in [9.17, 15) is 0 Å². The third-order valence-electron chi connectivity index (χ3n) is 5.87. The van der Waals surface area contributed by atoms with Gasteiger partial charge >= 0.3 is 0 Å². The Balaban J connectivity index is 1.77. The first kappa shape index (κ1) is 13.9. The van der Waals surface area contributed by atoms with Crippen LogP contribution in [0.3, 0.4) is 0 Å². The van der Waals surface area contributed by atoms with E-state index in [0.29, 0.717) is 29.2 Å². The first-order chi connectivity index (χ1) is 8.38. The minimum absolute atomic E-state index is 0.294. The van der Waals surface area contributed by atoms with Crippen LogP contribution in [0.15, 0.2) is 0 Å². The second-order valence-electron chi connectivity index (χ2n) is 6.95. The number of nitrogens with two attached hydrogens (primary N) is 1. The second-order valence-corrected chi connectivity index (χ2v) is 6.95. The quantitative estimate of drug-likeness (QED) is 0.433. The molecule has 0 heterocycles. The summed E-state index contributed by atoms with van der Waals surface area (Å²) in [6.07, 6.45) is 7.11. The van der Waals surface area contributed by atoms with E-state index in [1.165, 1.54) is 19.3 Å². The summed E-state index contributed by atoms with van der Waals surface area (Å²) < 4.78 is 6.15. The zero-order valence-electron chi connectivity index (χ0n) is 12.1. The van der Waals surface area contributed by atoms with Gasteiger partial charge in [-0.1, -0.05) is 20.8 Å². The summed E-state index contributed by atoms with van der Waals surface area (Å²) in [5.74, 6) is 1.15. The van der Waals surface area contributed by atoms with E-state index in [-0.39, 0.29) is 0 Å². The molecule has 3 atom stereocenters. The maximum atomic E-state index is 7.18. The minimum atomic E-state index is 0.294. The molecule has 2 rings (SSSR count). The molecule has 2 bridgehead atoms. The van der Waals surface area contributed by atoms with Crippen molar-refractivity contribution in [1.82, 2.24) is 0 Å². The minimum Gasteiger partial charge on any atom is -0.388 e. The van der Waals surface area contributed by atoms with Crippen molar-refractivity contribution in [2.24, 2.45) is 22.5 Å². The fourth-order valence-electron chi connectivity index (χ4n) is 4.03. The lowest BCUT2D eigenvalue weighted by Gasteiger charge is -2.39. The van der Waals surface area contributed by atoms with Crippen molar-refractivity contribution in [2.75, 3.05) is 6.61 Å². The van der Waals surface area contributed by atoms with E-state index in [1.54, 1.807) is 0 Å². The van der Waals surface area contributed by atoms with E-state index in [2.05, 4.69) is 20.8 Å². The smallest absolute Gasteiger partial charge is 0.0905 e. The van der Waals surface area contributed by atoms with Crippen LogP contribution in [0.4, 0.5) is 0 Å². The van der Waals surface area contributed by atoms with Gasteiger partial charge in [-0.05, 0) is 48.9 Å². The van der Waals surface area contributed by atoms with Crippen LogP contribution in [0.25, 0.3) is 0 Å². The van der Waals surface area contributed by atoms with Crippen LogP contribution in [-0.2, 0) is 4.74 Å². The number of ether oxygens (including phenoxy) is 1. The highest BCUT2D eigenvalue weighted by molar-refractivity contribution is 5.76. The van der Waals surface area contributed by atoms with Gasteiger partial charge in [0.25, 0.3) is 0 Å². The molecule has 3 unspecified atom stereocenters. The molecular weight excluding hydrogens is 224 g/mol. The summed E-state index contributed by atoms with van der Waals surface area (Å²) in [5.41, 5.74) is 6.16. The molecule has 104 valence electrons.